The van der Waals surface area contributed by atoms with E-state index < -0.39 is 5.60 Å². The molecule has 0 aliphatic carbocycles. The quantitative estimate of drug-likeness (QED) is 0.737. The van der Waals surface area contributed by atoms with Gasteiger partial charge in [-0.05, 0) is 45.6 Å². The lowest BCUT2D eigenvalue weighted by atomic mass is 9.84. The van der Waals surface area contributed by atoms with Crippen molar-refractivity contribution in [1.82, 2.24) is 4.90 Å². The molecule has 0 radical (unpaired) electrons. The summed E-state index contributed by atoms with van der Waals surface area (Å²) in [5.74, 6) is 0.384. The van der Waals surface area contributed by atoms with Crippen molar-refractivity contribution in [3.05, 3.63) is 0 Å². The van der Waals surface area contributed by atoms with Crippen LogP contribution in [0.15, 0.2) is 0 Å². The first kappa shape index (κ1) is 12.0. The van der Waals surface area contributed by atoms with E-state index in [0.717, 1.165) is 32.4 Å². The molecule has 14 heavy (non-hydrogen) atoms. The minimum Gasteiger partial charge on any atom is -0.390 e. The third-order valence-corrected chi connectivity index (χ3v) is 3.69. The van der Waals surface area contributed by atoms with Crippen molar-refractivity contribution in [1.29, 1.82) is 0 Å². The monoisotopic (exact) mass is 199 g/mol. The topological polar surface area (TPSA) is 23.5 Å². The van der Waals surface area contributed by atoms with Gasteiger partial charge in [0, 0.05) is 12.6 Å². The van der Waals surface area contributed by atoms with Crippen molar-refractivity contribution < 1.29 is 5.11 Å². The molecule has 1 rings (SSSR count). The molecular weight excluding hydrogens is 174 g/mol. The fraction of sp³-hybridized carbons (Fsp3) is 1.00. The summed E-state index contributed by atoms with van der Waals surface area (Å²) in [5, 5.41) is 10.4. The normalized spacial score (nSPS) is 31.1. The number of nitrogens with zero attached hydrogens (tertiary/aromatic N) is 1. The van der Waals surface area contributed by atoms with Gasteiger partial charge < -0.3 is 10.0 Å². The molecule has 1 aliphatic rings. The molecule has 1 N–H and O–H groups in total. The number of likely N-dealkylation sites (tertiary alicyclic amines) is 1. The molecule has 0 spiro atoms. The minimum atomic E-state index is -0.413. The van der Waals surface area contributed by atoms with Crippen molar-refractivity contribution in [2.24, 2.45) is 5.92 Å². The standard InChI is InChI=1S/C12H25NO/c1-10(2)12(14)6-5-8-13(9-7-12)11(3)4/h10-11,14H,5-9H2,1-4H3. The smallest absolute Gasteiger partial charge is 0.0683 e. The maximum Gasteiger partial charge on any atom is 0.0683 e. The molecule has 1 aliphatic heterocycles. The van der Waals surface area contributed by atoms with Crippen LogP contribution in [-0.4, -0.2) is 34.7 Å². The second-order valence-electron chi connectivity index (χ2n) is 5.24. The number of rotatable bonds is 2. The van der Waals surface area contributed by atoms with Crippen molar-refractivity contribution >= 4 is 0 Å². The molecule has 0 amide bonds. The average molecular weight is 199 g/mol. The summed E-state index contributed by atoms with van der Waals surface area (Å²) in [7, 11) is 0. The van der Waals surface area contributed by atoms with Crippen LogP contribution in [0.1, 0.15) is 47.0 Å². The van der Waals surface area contributed by atoms with Gasteiger partial charge in [-0.1, -0.05) is 13.8 Å². The molecule has 0 aromatic heterocycles. The SMILES string of the molecule is CC(C)N1CCCC(O)(C(C)C)CC1. The molecule has 1 heterocycles. The Morgan fingerprint density at radius 3 is 2.21 bits per heavy atom. The Bertz CT molecular complexity index is 179. The van der Waals surface area contributed by atoms with Crippen LogP contribution in [0, 0.1) is 5.92 Å². The highest BCUT2D eigenvalue weighted by Gasteiger charge is 2.33. The highest BCUT2D eigenvalue weighted by molar-refractivity contribution is 4.86. The third-order valence-electron chi connectivity index (χ3n) is 3.69. The van der Waals surface area contributed by atoms with Gasteiger partial charge in [-0.3, -0.25) is 0 Å². The van der Waals surface area contributed by atoms with E-state index in [2.05, 4.69) is 32.6 Å². The van der Waals surface area contributed by atoms with E-state index in [1.807, 2.05) is 0 Å². The molecule has 1 saturated heterocycles. The summed E-state index contributed by atoms with van der Waals surface area (Å²) in [4.78, 5) is 2.47. The second-order valence-corrected chi connectivity index (χ2v) is 5.24. The molecule has 0 aromatic carbocycles. The first-order valence-corrected chi connectivity index (χ1v) is 5.92. The highest BCUT2D eigenvalue weighted by Crippen LogP contribution is 2.29. The van der Waals surface area contributed by atoms with E-state index in [9.17, 15) is 5.11 Å². The molecule has 0 aromatic rings. The first-order chi connectivity index (χ1) is 6.46. The number of aliphatic hydroxyl groups is 1. The molecular formula is C12H25NO. The summed E-state index contributed by atoms with van der Waals surface area (Å²) in [6.07, 6.45) is 3.03. The summed E-state index contributed by atoms with van der Waals surface area (Å²) in [5.41, 5.74) is -0.413. The molecule has 84 valence electrons. The fourth-order valence-electron chi connectivity index (χ4n) is 2.26. The Morgan fingerprint density at radius 1 is 1.07 bits per heavy atom. The van der Waals surface area contributed by atoms with E-state index in [-0.39, 0.29) is 0 Å². The Morgan fingerprint density at radius 2 is 1.71 bits per heavy atom. The maximum absolute atomic E-state index is 10.4. The summed E-state index contributed by atoms with van der Waals surface area (Å²) in [6.45, 7) is 10.9. The second kappa shape index (κ2) is 4.63. The van der Waals surface area contributed by atoms with Crippen LogP contribution in [0.3, 0.4) is 0 Å². The van der Waals surface area contributed by atoms with E-state index in [0.29, 0.717) is 12.0 Å². The molecule has 1 atom stereocenters. The molecule has 2 nitrogen and oxygen atoms in total. The Labute approximate surface area is 88.3 Å². The van der Waals surface area contributed by atoms with E-state index in [1.165, 1.54) is 0 Å². The molecule has 1 unspecified atom stereocenters. The van der Waals surface area contributed by atoms with Crippen LogP contribution < -0.4 is 0 Å². The Kier molecular flexibility index (Phi) is 3.96. The fourth-order valence-corrected chi connectivity index (χ4v) is 2.26. The predicted molar refractivity (Wildman–Crippen MR) is 60.3 cm³/mol. The van der Waals surface area contributed by atoms with Crippen LogP contribution in [0.25, 0.3) is 0 Å². The van der Waals surface area contributed by atoms with Crippen molar-refractivity contribution in [2.75, 3.05) is 13.1 Å². The van der Waals surface area contributed by atoms with Gasteiger partial charge in [-0.25, -0.2) is 0 Å². The van der Waals surface area contributed by atoms with Crippen molar-refractivity contribution in [3.8, 4) is 0 Å². The van der Waals surface area contributed by atoms with Crippen molar-refractivity contribution in [2.45, 2.75) is 58.6 Å². The average Bonchev–Trinajstić information content (AvgIpc) is 2.28. The molecule has 0 bridgehead atoms. The largest absolute Gasteiger partial charge is 0.390 e. The van der Waals surface area contributed by atoms with Crippen LogP contribution in [0.4, 0.5) is 0 Å². The summed E-state index contributed by atoms with van der Waals surface area (Å²) in [6, 6.07) is 0.615. The Hall–Kier alpha value is -0.0800. The Balaban J connectivity index is 2.56. The van der Waals surface area contributed by atoms with Gasteiger partial charge >= 0.3 is 0 Å². The first-order valence-electron chi connectivity index (χ1n) is 5.92. The van der Waals surface area contributed by atoms with Gasteiger partial charge in [-0.2, -0.15) is 0 Å². The van der Waals surface area contributed by atoms with Gasteiger partial charge in [0.05, 0.1) is 5.60 Å². The van der Waals surface area contributed by atoms with Gasteiger partial charge in [0.2, 0.25) is 0 Å². The minimum absolute atomic E-state index is 0.384. The van der Waals surface area contributed by atoms with Gasteiger partial charge in [-0.15, -0.1) is 0 Å². The molecule has 2 heteroatoms. The summed E-state index contributed by atoms with van der Waals surface area (Å²) < 4.78 is 0. The number of hydrogen-bond donors (Lipinski definition) is 1. The van der Waals surface area contributed by atoms with Crippen LogP contribution in [0.5, 0.6) is 0 Å². The van der Waals surface area contributed by atoms with E-state index >= 15 is 0 Å². The number of hydrogen-bond acceptors (Lipinski definition) is 2. The highest BCUT2D eigenvalue weighted by atomic mass is 16.3. The van der Waals surface area contributed by atoms with Crippen LogP contribution in [-0.2, 0) is 0 Å². The van der Waals surface area contributed by atoms with E-state index in [1.54, 1.807) is 0 Å². The zero-order valence-corrected chi connectivity index (χ0v) is 10.1. The zero-order valence-electron chi connectivity index (χ0n) is 10.1. The maximum atomic E-state index is 10.4. The predicted octanol–water partition coefficient (Wildman–Crippen LogP) is 2.27. The summed E-state index contributed by atoms with van der Waals surface area (Å²) >= 11 is 0. The zero-order chi connectivity index (χ0) is 10.8. The van der Waals surface area contributed by atoms with Crippen molar-refractivity contribution in [3.63, 3.8) is 0 Å². The lowest BCUT2D eigenvalue weighted by molar-refractivity contribution is -0.0186. The van der Waals surface area contributed by atoms with Gasteiger partial charge in [0.15, 0.2) is 0 Å². The lowest BCUT2D eigenvalue weighted by Gasteiger charge is -2.31. The molecule has 0 saturated carbocycles. The molecule has 1 fully saturated rings. The van der Waals surface area contributed by atoms with Crippen LogP contribution in [0.2, 0.25) is 0 Å². The van der Waals surface area contributed by atoms with E-state index in [4.69, 9.17) is 0 Å². The third kappa shape index (κ3) is 2.71. The lowest BCUT2D eigenvalue weighted by Crippen LogP contribution is -2.37. The van der Waals surface area contributed by atoms with Gasteiger partial charge in [0.1, 0.15) is 0 Å². The van der Waals surface area contributed by atoms with Gasteiger partial charge in [0.25, 0.3) is 0 Å². The van der Waals surface area contributed by atoms with Crippen LogP contribution >= 0.6 is 0 Å².